The highest BCUT2D eigenvalue weighted by molar-refractivity contribution is 9.09. The number of halogens is 1. The van der Waals surface area contributed by atoms with Crippen molar-refractivity contribution in [3.63, 3.8) is 0 Å². The van der Waals surface area contributed by atoms with Crippen molar-refractivity contribution in [2.24, 2.45) is 0 Å². The average Bonchev–Trinajstić information content (AvgIpc) is 3.00. The summed E-state index contributed by atoms with van der Waals surface area (Å²) in [6, 6.07) is 4.98. The van der Waals surface area contributed by atoms with Gasteiger partial charge in [-0.05, 0) is 25.1 Å². The van der Waals surface area contributed by atoms with Crippen molar-refractivity contribution in [2.45, 2.75) is 6.92 Å². The van der Waals surface area contributed by atoms with E-state index < -0.39 is 5.97 Å². The number of esters is 1. The molecule has 3 aromatic rings. The highest BCUT2D eigenvalue weighted by atomic mass is 79.9. The highest BCUT2D eigenvalue weighted by Gasteiger charge is 2.18. The van der Waals surface area contributed by atoms with Gasteiger partial charge in [0.25, 0.3) is 5.56 Å². The van der Waals surface area contributed by atoms with Gasteiger partial charge in [-0.2, -0.15) is 0 Å². The van der Waals surface area contributed by atoms with E-state index in [-0.39, 0.29) is 34.4 Å². The fraction of sp³-hybridized carbons (Fsp3) is 0.188. The van der Waals surface area contributed by atoms with E-state index in [9.17, 15) is 14.4 Å². The second-order valence-electron chi connectivity index (χ2n) is 4.94. The quantitative estimate of drug-likeness (QED) is 0.416. The summed E-state index contributed by atoms with van der Waals surface area (Å²) in [5.41, 5.74) is 1.28. The Balaban J connectivity index is 2.38. The number of alkyl halides is 1. The molecular weight excluding hydrogens is 364 g/mol. The van der Waals surface area contributed by atoms with Crippen LogP contribution in [0.15, 0.2) is 29.2 Å². The maximum Gasteiger partial charge on any atom is 0.340 e. The number of rotatable bonds is 4. The molecule has 0 radical (unpaired) electrons. The predicted octanol–water partition coefficient (Wildman–Crippen LogP) is 2.76. The second kappa shape index (κ2) is 6.00. The molecule has 0 aliphatic carbocycles. The van der Waals surface area contributed by atoms with E-state index in [4.69, 9.17) is 4.74 Å². The molecule has 0 saturated carbocycles. The largest absolute Gasteiger partial charge is 0.462 e. The molecule has 0 aliphatic heterocycles. The SMILES string of the molecule is CCOC(=O)c1c[nH]c2c(=O)[nH]c3ccc(C(=O)CBr)cc3c12. The van der Waals surface area contributed by atoms with E-state index >= 15 is 0 Å². The van der Waals surface area contributed by atoms with Gasteiger partial charge in [0.05, 0.1) is 17.5 Å². The molecule has 0 unspecified atom stereocenters. The first-order valence-corrected chi connectivity index (χ1v) is 8.12. The Morgan fingerprint density at radius 3 is 2.78 bits per heavy atom. The molecule has 6 nitrogen and oxygen atoms in total. The Kier molecular flexibility index (Phi) is 4.04. The summed E-state index contributed by atoms with van der Waals surface area (Å²) in [7, 11) is 0. The maximum atomic E-state index is 12.1. The molecule has 2 heterocycles. The molecule has 2 N–H and O–H groups in total. The van der Waals surface area contributed by atoms with Gasteiger partial charge >= 0.3 is 5.97 Å². The van der Waals surface area contributed by atoms with Crippen LogP contribution >= 0.6 is 15.9 Å². The van der Waals surface area contributed by atoms with Gasteiger partial charge in [-0.25, -0.2) is 4.79 Å². The lowest BCUT2D eigenvalue weighted by molar-refractivity contribution is 0.0528. The Labute approximate surface area is 139 Å². The standard InChI is InChI=1S/C16H13BrN2O4/c1-2-23-16(22)10-7-18-14-13(10)9-5-8(12(20)6-17)3-4-11(9)19-15(14)21/h3-5,7,18H,2,6H2,1H3,(H,19,21). The van der Waals surface area contributed by atoms with Gasteiger partial charge in [-0.15, -0.1) is 0 Å². The number of fused-ring (bicyclic) bond motifs is 3. The van der Waals surface area contributed by atoms with Gasteiger partial charge in [0.1, 0.15) is 5.52 Å². The third kappa shape index (κ3) is 2.57. The van der Waals surface area contributed by atoms with E-state index in [0.29, 0.717) is 21.9 Å². The van der Waals surface area contributed by atoms with Gasteiger partial charge in [0, 0.05) is 28.0 Å². The minimum absolute atomic E-state index is 0.0838. The number of aromatic nitrogens is 2. The van der Waals surface area contributed by atoms with Crippen LogP contribution in [0.2, 0.25) is 0 Å². The van der Waals surface area contributed by atoms with Crippen LogP contribution in [-0.4, -0.2) is 33.7 Å². The molecule has 0 amide bonds. The minimum atomic E-state index is -0.511. The number of ether oxygens (including phenoxy) is 1. The zero-order valence-electron chi connectivity index (χ0n) is 12.2. The monoisotopic (exact) mass is 376 g/mol. The number of Topliss-reactive ketones (excluding diaryl/α,β-unsaturated/α-hetero) is 1. The van der Waals surface area contributed by atoms with Crippen molar-refractivity contribution in [2.75, 3.05) is 11.9 Å². The lowest BCUT2D eigenvalue weighted by Gasteiger charge is -2.05. The topological polar surface area (TPSA) is 92.0 Å². The van der Waals surface area contributed by atoms with Crippen molar-refractivity contribution in [1.82, 2.24) is 9.97 Å². The average molecular weight is 377 g/mol. The molecular formula is C16H13BrN2O4. The van der Waals surface area contributed by atoms with Crippen molar-refractivity contribution in [3.8, 4) is 0 Å². The fourth-order valence-corrected chi connectivity index (χ4v) is 2.87. The number of carbonyl (C=O) groups excluding carboxylic acids is 2. The Bertz CT molecular complexity index is 987. The van der Waals surface area contributed by atoms with E-state index in [0.717, 1.165) is 0 Å². The molecule has 23 heavy (non-hydrogen) atoms. The van der Waals surface area contributed by atoms with E-state index in [1.54, 1.807) is 25.1 Å². The zero-order valence-corrected chi connectivity index (χ0v) is 13.8. The zero-order chi connectivity index (χ0) is 16.6. The summed E-state index contributed by atoms with van der Waals surface area (Å²) in [4.78, 5) is 41.7. The molecule has 1 aromatic carbocycles. The van der Waals surface area contributed by atoms with Crippen LogP contribution in [0.25, 0.3) is 21.8 Å². The lowest BCUT2D eigenvalue weighted by Crippen LogP contribution is -2.09. The summed E-state index contributed by atoms with van der Waals surface area (Å²) < 4.78 is 5.04. The van der Waals surface area contributed by atoms with Gasteiger partial charge in [0.15, 0.2) is 5.78 Å². The molecule has 0 aliphatic rings. The van der Waals surface area contributed by atoms with Gasteiger partial charge in [0.2, 0.25) is 0 Å². The number of carbonyl (C=O) groups is 2. The van der Waals surface area contributed by atoms with Crippen LogP contribution in [0.1, 0.15) is 27.6 Å². The van der Waals surface area contributed by atoms with E-state index in [2.05, 4.69) is 25.9 Å². The number of H-pyrrole nitrogens is 2. The number of pyridine rings is 1. The third-order valence-corrected chi connectivity index (χ3v) is 4.09. The van der Waals surface area contributed by atoms with E-state index in [1.165, 1.54) is 6.20 Å². The number of nitrogens with one attached hydrogen (secondary N) is 2. The summed E-state index contributed by atoms with van der Waals surface area (Å²) in [6.07, 6.45) is 1.45. The van der Waals surface area contributed by atoms with Crippen LogP contribution in [-0.2, 0) is 4.74 Å². The molecule has 7 heteroatoms. The summed E-state index contributed by atoms with van der Waals surface area (Å²) >= 11 is 3.14. The summed E-state index contributed by atoms with van der Waals surface area (Å²) in [5.74, 6) is -0.595. The second-order valence-corrected chi connectivity index (χ2v) is 5.50. The van der Waals surface area contributed by atoms with Crippen molar-refractivity contribution < 1.29 is 14.3 Å². The van der Waals surface area contributed by atoms with Crippen LogP contribution in [0.4, 0.5) is 0 Å². The summed E-state index contributed by atoms with van der Waals surface area (Å²) in [5, 5.41) is 1.28. The lowest BCUT2D eigenvalue weighted by atomic mass is 10.0. The Hall–Kier alpha value is -2.41. The minimum Gasteiger partial charge on any atom is -0.462 e. The van der Waals surface area contributed by atoms with Crippen LogP contribution in [0.5, 0.6) is 0 Å². The molecule has 118 valence electrons. The number of ketones is 1. The number of aromatic amines is 2. The van der Waals surface area contributed by atoms with E-state index in [1.807, 2.05) is 0 Å². The van der Waals surface area contributed by atoms with Gasteiger partial charge < -0.3 is 14.7 Å². The molecule has 3 rings (SSSR count). The molecule has 0 bridgehead atoms. The molecule has 0 atom stereocenters. The van der Waals surface area contributed by atoms with Crippen LogP contribution in [0, 0.1) is 0 Å². The third-order valence-electron chi connectivity index (χ3n) is 3.58. The number of benzene rings is 1. The number of hydrogen-bond acceptors (Lipinski definition) is 4. The molecule has 0 saturated heterocycles. The predicted molar refractivity (Wildman–Crippen MR) is 90.5 cm³/mol. The first kappa shape index (κ1) is 15.5. The molecule has 2 aromatic heterocycles. The smallest absolute Gasteiger partial charge is 0.340 e. The first-order chi connectivity index (χ1) is 11.1. The van der Waals surface area contributed by atoms with Crippen molar-refractivity contribution in [3.05, 3.63) is 45.9 Å². The normalized spacial score (nSPS) is 11.0. The summed E-state index contributed by atoms with van der Waals surface area (Å²) in [6.45, 7) is 1.95. The Morgan fingerprint density at radius 1 is 1.30 bits per heavy atom. The van der Waals surface area contributed by atoms with Crippen molar-refractivity contribution in [1.29, 1.82) is 0 Å². The molecule has 0 spiro atoms. The van der Waals surface area contributed by atoms with Crippen molar-refractivity contribution >= 4 is 49.5 Å². The van der Waals surface area contributed by atoms with Gasteiger partial charge in [-0.1, -0.05) is 15.9 Å². The van der Waals surface area contributed by atoms with Crippen LogP contribution < -0.4 is 5.56 Å². The Morgan fingerprint density at radius 2 is 2.09 bits per heavy atom. The first-order valence-electron chi connectivity index (χ1n) is 7.00. The number of hydrogen-bond donors (Lipinski definition) is 2. The van der Waals surface area contributed by atoms with Crippen LogP contribution in [0.3, 0.4) is 0 Å². The fourth-order valence-electron chi connectivity index (χ4n) is 2.55. The maximum absolute atomic E-state index is 12.1. The molecule has 0 fully saturated rings. The van der Waals surface area contributed by atoms with Gasteiger partial charge in [-0.3, -0.25) is 9.59 Å². The highest BCUT2D eigenvalue weighted by Crippen LogP contribution is 2.26.